The summed E-state index contributed by atoms with van der Waals surface area (Å²) in [6.45, 7) is 7.36. The van der Waals surface area contributed by atoms with Crippen LogP contribution in [-0.2, 0) is 19.6 Å². The number of sulfonamides is 1. The highest BCUT2D eigenvalue weighted by molar-refractivity contribution is 7.89. The molecule has 9 heteroatoms. The summed E-state index contributed by atoms with van der Waals surface area (Å²) in [5, 5.41) is 2.58. The number of benzene rings is 1. The van der Waals surface area contributed by atoms with E-state index in [2.05, 4.69) is 5.32 Å². The summed E-state index contributed by atoms with van der Waals surface area (Å²) in [6.07, 6.45) is 0. The Balaban J connectivity index is 1.98. The Bertz CT molecular complexity index is 1010. The molecule has 0 aliphatic heterocycles. The quantitative estimate of drug-likeness (QED) is 0.693. The first-order valence-electron chi connectivity index (χ1n) is 9.13. The fourth-order valence-electron chi connectivity index (χ4n) is 3.11. The van der Waals surface area contributed by atoms with Crippen LogP contribution in [0.1, 0.15) is 41.6 Å². The number of ether oxygens (including phenoxy) is 1. The first-order valence-corrected chi connectivity index (χ1v) is 10.6. The van der Waals surface area contributed by atoms with Crippen LogP contribution in [0.25, 0.3) is 0 Å². The molecule has 0 fully saturated rings. The topological polar surface area (TPSA) is 97.7 Å². The molecule has 158 valence electrons. The summed E-state index contributed by atoms with van der Waals surface area (Å²) >= 11 is 0. The second-order valence-corrected chi connectivity index (χ2v) is 9.34. The van der Waals surface area contributed by atoms with Gasteiger partial charge in [-0.3, -0.25) is 4.79 Å². The molecule has 2 aromatic rings. The summed E-state index contributed by atoms with van der Waals surface area (Å²) in [7, 11) is -0.652. The molecule has 1 amide bonds. The van der Waals surface area contributed by atoms with E-state index in [1.165, 1.54) is 38.4 Å². The summed E-state index contributed by atoms with van der Waals surface area (Å²) in [5.74, 6) is -1.08. The number of hydrogen-bond donors (Lipinski definition) is 1. The Morgan fingerprint density at radius 3 is 2.21 bits per heavy atom. The maximum Gasteiger partial charge on any atom is 0.340 e. The number of nitrogens with zero attached hydrogens (tertiary/aromatic N) is 2. The molecule has 29 heavy (non-hydrogen) atoms. The van der Waals surface area contributed by atoms with E-state index in [1.54, 1.807) is 6.07 Å². The molecule has 1 heterocycles. The van der Waals surface area contributed by atoms with Gasteiger partial charge in [-0.1, -0.05) is 0 Å². The van der Waals surface area contributed by atoms with Gasteiger partial charge in [0.25, 0.3) is 5.91 Å². The highest BCUT2D eigenvalue weighted by Gasteiger charge is 2.20. The lowest BCUT2D eigenvalue weighted by Crippen LogP contribution is -2.23. The molecule has 0 atom stereocenters. The van der Waals surface area contributed by atoms with Crippen LogP contribution in [-0.4, -0.2) is 49.9 Å². The second-order valence-electron chi connectivity index (χ2n) is 7.18. The molecule has 0 radical (unpaired) electrons. The van der Waals surface area contributed by atoms with Crippen molar-refractivity contribution in [3.63, 3.8) is 0 Å². The van der Waals surface area contributed by atoms with Gasteiger partial charge in [-0.2, -0.15) is 0 Å². The largest absolute Gasteiger partial charge is 0.452 e. The van der Waals surface area contributed by atoms with Crippen LogP contribution < -0.4 is 5.32 Å². The lowest BCUT2D eigenvalue weighted by atomic mass is 10.2. The number of anilines is 1. The molecular weight excluding hydrogens is 394 g/mol. The van der Waals surface area contributed by atoms with Crippen molar-refractivity contribution in [1.82, 2.24) is 8.87 Å². The van der Waals surface area contributed by atoms with Crippen molar-refractivity contribution >= 4 is 27.6 Å². The van der Waals surface area contributed by atoms with Gasteiger partial charge in [0, 0.05) is 37.2 Å². The van der Waals surface area contributed by atoms with Crippen LogP contribution in [0.2, 0.25) is 0 Å². The number of amides is 1. The monoisotopic (exact) mass is 421 g/mol. The van der Waals surface area contributed by atoms with E-state index in [4.69, 9.17) is 4.74 Å². The van der Waals surface area contributed by atoms with Crippen LogP contribution >= 0.6 is 0 Å². The number of nitrogens with one attached hydrogen (secondary N) is 1. The van der Waals surface area contributed by atoms with E-state index in [-0.39, 0.29) is 10.9 Å². The van der Waals surface area contributed by atoms with Crippen molar-refractivity contribution in [1.29, 1.82) is 0 Å². The third-order valence-electron chi connectivity index (χ3n) is 4.47. The number of aryl methyl sites for hydroxylation is 1. The molecule has 0 unspecified atom stereocenters. The summed E-state index contributed by atoms with van der Waals surface area (Å²) in [4.78, 5) is 24.5. The molecule has 0 saturated heterocycles. The first-order chi connectivity index (χ1) is 13.4. The van der Waals surface area contributed by atoms with E-state index >= 15 is 0 Å². The molecule has 1 N–H and O–H groups in total. The zero-order valence-electron chi connectivity index (χ0n) is 17.5. The smallest absolute Gasteiger partial charge is 0.340 e. The highest BCUT2D eigenvalue weighted by Crippen LogP contribution is 2.21. The Morgan fingerprint density at radius 1 is 1.14 bits per heavy atom. The Labute approximate surface area is 171 Å². The molecule has 0 bridgehead atoms. The van der Waals surface area contributed by atoms with Crippen molar-refractivity contribution in [3.8, 4) is 0 Å². The number of carbonyl (C=O) groups excluding carboxylic acids is 2. The number of hydrogen-bond acceptors (Lipinski definition) is 5. The summed E-state index contributed by atoms with van der Waals surface area (Å²) in [5.41, 5.74) is 2.58. The van der Waals surface area contributed by atoms with Crippen LogP contribution in [0, 0.1) is 13.8 Å². The van der Waals surface area contributed by atoms with Gasteiger partial charge >= 0.3 is 5.97 Å². The van der Waals surface area contributed by atoms with Gasteiger partial charge in [0.2, 0.25) is 10.0 Å². The van der Waals surface area contributed by atoms with Gasteiger partial charge in [-0.25, -0.2) is 17.5 Å². The zero-order chi connectivity index (χ0) is 21.9. The number of rotatable bonds is 7. The lowest BCUT2D eigenvalue weighted by molar-refractivity contribution is -0.119. The van der Waals surface area contributed by atoms with Crippen molar-refractivity contribution in [2.24, 2.45) is 0 Å². The number of carbonyl (C=O) groups is 2. The predicted octanol–water partition coefficient (Wildman–Crippen LogP) is 2.73. The predicted molar refractivity (Wildman–Crippen MR) is 111 cm³/mol. The third kappa shape index (κ3) is 5.04. The van der Waals surface area contributed by atoms with Crippen LogP contribution in [0.15, 0.2) is 35.2 Å². The average molecular weight is 422 g/mol. The van der Waals surface area contributed by atoms with Crippen LogP contribution in [0.5, 0.6) is 0 Å². The molecular formula is C20H27N3O5S. The molecule has 1 aromatic heterocycles. The van der Waals surface area contributed by atoms with E-state index < -0.39 is 28.5 Å². The van der Waals surface area contributed by atoms with Crippen molar-refractivity contribution in [2.75, 3.05) is 26.0 Å². The molecule has 0 aliphatic rings. The average Bonchev–Trinajstić information content (AvgIpc) is 2.94. The zero-order valence-corrected chi connectivity index (χ0v) is 18.3. The minimum atomic E-state index is -3.54. The maximum atomic E-state index is 12.3. The van der Waals surface area contributed by atoms with Gasteiger partial charge in [-0.15, -0.1) is 0 Å². The standard InChI is InChI=1S/C20H27N3O5S/c1-13(2)23-14(3)11-18(15(23)4)20(25)28-12-19(24)21-16-7-9-17(10-8-16)29(26,27)22(5)6/h7-11,13H,12H2,1-6H3,(H,21,24). The third-order valence-corrected chi connectivity index (χ3v) is 6.30. The van der Waals surface area contributed by atoms with Crippen molar-refractivity contribution < 1.29 is 22.7 Å². The van der Waals surface area contributed by atoms with Gasteiger partial charge in [0.05, 0.1) is 10.5 Å². The van der Waals surface area contributed by atoms with Crippen LogP contribution in [0.3, 0.4) is 0 Å². The van der Waals surface area contributed by atoms with E-state index in [0.29, 0.717) is 11.3 Å². The van der Waals surface area contributed by atoms with E-state index in [9.17, 15) is 18.0 Å². The molecule has 8 nitrogen and oxygen atoms in total. The Morgan fingerprint density at radius 2 is 1.72 bits per heavy atom. The minimum Gasteiger partial charge on any atom is -0.452 e. The summed E-state index contributed by atoms with van der Waals surface area (Å²) < 4.78 is 32.4. The maximum absolute atomic E-state index is 12.3. The van der Waals surface area contributed by atoms with E-state index in [0.717, 1.165) is 15.7 Å². The molecule has 0 saturated carbocycles. The molecule has 0 aliphatic carbocycles. The van der Waals surface area contributed by atoms with Gasteiger partial charge in [0.15, 0.2) is 6.61 Å². The van der Waals surface area contributed by atoms with Gasteiger partial charge in [-0.05, 0) is 58.0 Å². The Hall–Kier alpha value is -2.65. The van der Waals surface area contributed by atoms with E-state index in [1.807, 2.05) is 32.3 Å². The minimum absolute atomic E-state index is 0.118. The first kappa shape index (κ1) is 22.6. The summed E-state index contributed by atoms with van der Waals surface area (Å²) in [6, 6.07) is 7.72. The van der Waals surface area contributed by atoms with Gasteiger partial charge in [0.1, 0.15) is 0 Å². The normalized spacial score (nSPS) is 11.7. The van der Waals surface area contributed by atoms with Crippen LogP contribution in [0.4, 0.5) is 5.69 Å². The fraction of sp³-hybridized carbons (Fsp3) is 0.400. The SMILES string of the molecule is Cc1cc(C(=O)OCC(=O)Nc2ccc(S(=O)(=O)N(C)C)cc2)c(C)n1C(C)C. The number of esters is 1. The highest BCUT2D eigenvalue weighted by atomic mass is 32.2. The van der Waals surface area contributed by atoms with Crippen molar-refractivity contribution in [2.45, 2.75) is 38.6 Å². The number of aromatic nitrogens is 1. The van der Waals surface area contributed by atoms with Crippen molar-refractivity contribution in [3.05, 3.63) is 47.3 Å². The second kappa shape index (κ2) is 8.79. The fourth-order valence-corrected chi connectivity index (χ4v) is 4.01. The molecule has 0 spiro atoms. The van der Waals surface area contributed by atoms with Gasteiger partial charge < -0.3 is 14.6 Å². The molecule has 2 rings (SSSR count). The Kier molecular flexibility index (Phi) is 6.86. The lowest BCUT2D eigenvalue weighted by Gasteiger charge is -2.13. The molecule has 1 aromatic carbocycles.